The zero-order chi connectivity index (χ0) is 14.7. The molecule has 106 valence electrons. The summed E-state index contributed by atoms with van der Waals surface area (Å²) in [6.45, 7) is 0. The van der Waals surface area contributed by atoms with Crippen molar-refractivity contribution in [3.05, 3.63) is 59.4 Å². The third-order valence-corrected chi connectivity index (χ3v) is 3.41. The molecule has 0 saturated heterocycles. The minimum absolute atomic E-state index is 0.226. The number of hydrogen-bond acceptors (Lipinski definition) is 4. The monoisotopic (exact) mass is 301 g/mol. The van der Waals surface area contributed by atoms with Crippen LogP contribution in [0.15, 0.2) is 53.8 Å². The number of pyridine rings is 1. The van der Waals surface area contributed by atoms with Crippen molar-refractivity contribution in [3.8, 4) is 0 Å². The third kappa shape index (κ3) is 3.03. The van der Waals surface area contributed by atoms with Crippen molar-refractivity contribution in [1.29, 1.82) is 0 Å². The van der Waals surface area contributed by atoms with E-state index in [1.165, 1.54) is 0 Å². The van der Waals surface area contributed by atoms with Crippen molar-refractivity contribution in [2.75, 3.05) is 5.32 Å². The maximum absolute atomic E-state index is 12.1. The molecule has 0 aliphatic carbocycles. The van der Waals surface area contributed by atoms with Gasteiger partial charge in [0.05, 0.1) is 5.69 Å². The van der Waals surface area contributed by atoms with Crippen LogP contribution in [-0.2, 0) is 9.63 Å². The number of rotatable bonds is 3. The van der Waals surface area contributed by atoms with Gasteiger partial charge in [-0.25, -0.2) is 4.98 Å². The maximum atomic E-state index is 12.1. The molecule has 3 rings (SSSR count). The van der Waals surface area contributed by atoms with Crippen LogP contribution < -0.4 is 5.32 Å². The lowest BCUT2D eigenvalue weighted by Crippen LogP contribution is -2.22. The van der Waals surface area contributed by atoms with Gasteiger partial charge < -0.3 is 10.2 Å². The lowest BCUT2D eigenvalue weighted by molar-refractivity contribution is -0.110. The van der Waals surface area contributed by atoms with Gasteiger partial charge in [-0.3, -0.25) is 4.79 Å². The molecule has 2 heterocycles. The van der Waals surface area contributed by atoms with Crippen LogP contribution in [0.25, 0.3) is 0 Å². The van der Waals surface area contributed by atoms with E-state index in [1.54, 1.807) is 18.3 Å². The van der Waals surface area contributed by atoms with Crippen molar-refractivity contribution in [3.63, 3.8) is 0 Å². The first-order valence-electron chi connectivity index (χ1n) is 6.43. The molecule has 0 bridgehead atoms. The smallest absolute Gasteiger partial charge is 0.273 e. The number of nitrogens with zero attached hydrogens (tertiary/aromatic N) is 2. The summed E-state index contributed by atoms with van der Waals surface area (Å²) in [5.74, 6) is -0.330. The van der Waals surface area contributed by atoms with Gasteiger partial charge in [0.25, 0.3) is 5.91 Å². The second kappa shape index (κ2) is 5.93. The number of nitrogens with one attached hydrogen (secondary N) is 1. The summed E-state index contributed by atoms with van der Waals surface area (Å²) < 4.78 is 0. The molecule has 6 heteroatoms. The molecule has 0 saturated carbocycles. The molecule has 1 amide bonds. The predicted molar refractivity (Wildman–Crippen MR) is 80.2 cm³/mol. The molecule has 1 unspecified atom stereocenters. The summed E-state index contributed by atoms with van der Waals surface area (Å²) in [6, 6.07) is 13.0. The molecule has 0 fully saturated rings. The first kappa shape index (κ1) is 13.6. The number of hydrogen-bond donors (Lipinski definition) is 1. The summed E-state index contributed by atoms with van der Waals surface area (Å²) in [5.41, 5.74) is 1.78. The van der Waals surface area contributed by atoms with Gasteiger partial charge in [0.2, 0.25) is 0 Å². The largest absolute Gasteiger partial charge is 0.387 e. The zero-order valence-electron chi connectivity index (χ0n) is 11.0. The van der Waals surface area contributed by atoms with E-state index in [-0.39, 0.29) is 17.2 Å². The van der Waals surface area contributed by atoms with E-state index in [1.807, 2.05) is 30.3 Å². The fourth-order valence-electron chi connectivity index (χ4n) is 2.03. The summed E-state index contributed by atoms with van der Waals surface area (Å²) in [5, 5.41) is 6.78. The van der Waals surface area contributed by atoms with Crippen LogP contribution in [0, 0.1) is 0 Å². The Morgan fingerprint density at radius 1 is 1.24 bits per heavy atom. The Morgan fingerprint density at radius 2 is 2.05 bits per heavy atom. The van der Waals surface area contributed by atoms with Crippen molar-refractivity contribution in [2.24, 2.45) is 5.16 Å². The quantitative estimate of drug-likeness (QED) is 0.886. The maximum Gasteiger partial charge on any atom is 0.273 e. The standard InChI is InChI=1S/C15H12ClN3O2/c16-14-11(7-4-8-17-14)18-15(20)12-9-13(21-19-12)10-5-2-1-3-6-10/h1-8,13H,9H2,(H,18,20). The minimum Gasteiger partial charge on any atom is -0.387 e. The van der Waals surface area contributed by atoms with Gasteiger partial charge in [0.1, 0.15) is 5.71 Å². The predicted octanol–water partition coefficient (Wildman–Crippen LogP) is 3.19. The molecular weight excluding hydrogens is 290 g/mol. The number of carbonyl (C=O) groups excluding carboxylic acids is 1. The van der Waals surface area contributed by atoms with Crippen LogP contribution in [0.5, 0.6) is 0 Å². The van der Waals surface area contributed by atoms with Gasteiger partial charge in [-0.05, 0) is 17.7 Å². The van der Waals surface area contributed by atoms with E-state index in [0.717, 1.165) is 5.56 Å². The van der Waals surface area contributed by atoms with E-state index in [9.17, 15) is 4.79 Å². The van der Waals surface area contributed by atoms with Crippen LogP contribution in [0.1, 0.15) is 18.1 Å². The number of oxime groups is 1. The highest BCUT2D eigenvalue weighted by molar-refractivity contribution is 6.44. The third-order valence-electron chi connectivity index (χ3n) is 3.11. The Labute approximate surface area is 126 Å². The number of carbonyl (C=O) groups is 1. The Morgan fingerprint density at radius 3 is 2.81 bits per heavy atom. The lowest BCUT2D eigenvalue weighted by atomic mass is 10.0. The number of anilines is 1. The SMILES string of the molecule is O=C(Nc1cccnc1Cl)C1=NOC(c2ccccc2)C1. The number of benzene rings is 1. The topological polar surface area (TPSA) is 63.6 Å². The number of amides is 1. The highest BCUT2D eigenvalue weighted by Gasteiger charge is 2.27. The molecule has 1 atom stereocenters. The highest BCUT2D eigenvalue weighted by atomic mass is 35.5. The Kier molecular flexibility index (Phi) is 3.83. The minimum atomic E-state index is -0.330. The van der Waals surface area contributed by atoms with Crippen LogP contribution >= 0.6 is 11.6 Å². The summed E-state index contributed by atoms with van der Waals surface area (Å²) in [6.07, 6.45) is 1.75. The summed E-state index contributed by atoms with van der Waals surface area (Å²) >= 11 is 5.90. The Hall–Kier alpha value is -2.40. The van der Waals surface area contributed by atoms with E-state index in [2.05, 4.69) is 15.5 Å². The van der Waals surface area contributed by atoms with Gasteiger partial charge in [0, 0.05) is 12.6 Å². The second-order valence-corrected chi connectivity index (χ2v) is 4.90. The average molecular weight is 302 g/mol. The van der Waals surface area contributed by atoms with E-state index < -0.39 is 0 Å². The van der Waals surface area contributed by atoms with Crippen molar-refractivity contribution in [2.45, 2.75) is 12.5 Å². The van der Waals surface area contributed by atoms with E-state index in [4.69, 9.17) is 16.4 Å². The molecule has 21 heavy (non-hydrogen) atoms. The molecular formula is C15H12ClN3O2. The molecule has 1 aliphatic rings. The van der Waals surface area contributed by atoms with Crippen molar-refractivity contribution < 1.29 is 9.63 Å². The van der Waals surface area contributed by atoms with Gasteiger partial charge in [0.15, 0.2) is 11.3 Å². The zero-order valence-corrected chi connectivity index (χ0v) is 11.7. The molecule has 2 aromatic rings. The molecule has 5 nitrogen and oxygen atoms in total. The molecule has 0 spiro atoms. The van der Waals surface area contributed by atoms with Crippen LogP contribution in [0.2, 0.25) is 5.15 Å². The second-order valence-electron chi connectivity index (χ2n) is 4.54. The first-order valence-corrected chi connectivity index (χ1v) is 6.81. The lowest BCUT2D eigenvalue weighted by Gasteiger charge is -2.07. The van der Waals surface area contributed by atoms with Crippen molar-refractivity contribution in [1.82, 2.24) is 4.98 Å². The van der Waals surface area contributed by atoms with Crippen LogP contribution in [0.4, 0.5) is 5.69 Å². The molecule has 0 radical (unpaired) electrons. The molecule has 1 aliphatic heterocycles. The number of halogens is 1. The van der Waals surface area contributed by atoms with Gasteiger partial charge in [-0.15, -0.1) is 0 Å². The fourth-order valence-corrected chi connectivity index (χ4v) is 2.20. The van der Waals surface area contributed by atoms with Crippen molar-refractivity contribution >= 4 is 28.9 Å². The molecule has 1 aromatic carbocycles. The molecule has 1 N–H and O–H groups in total. The van der Waals surface area contributed by atoms with Gasteiger partial charge in [-0.2, -0.15) is 0 Å². The number of aromatic nitrogens is 1. The average Bonchev–Trinajstić information content (AvgIpc) is 3.00. The summed E-state index contributed by atoms with van der Waals surface area (Å²) in [4.78, 5) is 21.4. The fraction of sp³-hybridized carbons (Fsp3) is 0.133. The Bertz CT molecular complexity index is 688. The Balaban J connectivity index is 1.66. The van der Waals surface area contributed by atoms with Crippen LogP contribution in [0.3, 0.4) is 0 Å². The first-order chi connectivity index (χ1) is 10.2. The van der Waals surface area contributed by atoms with E-state index in [0.29, 0.717) is 17.8 Å². The van der Waals surface area contributed by atoms with Gasteiger partial charge >= 0.3 is 0 Å². The van der Waals surface area contributed by atoms with Gasteiger partial charge in [-0.1, -0.05) is 47.1 Å². The normalized spacial score (nSPS) is 17.0. The highest BCUT2D eigenvalue weighted by Crippen LogP contribution is 2.27. The molecule has 1 aromatic heterocycles. The van der Waals surface area contributed by atoms with Crippen LogP contribution in [-0.4, -0.2) is 16.6 Å². The summed E-state index contributed by atoms with van der Waals surface area (Å²) in [7, 11) is 0. The van der Waals surface area contributed by atoms with E-state index >= 15 is 0 Å².